The molecule has 11 heavy (non-hydrogen) atoms. The van der Waals surface area contributed by atoms with E-state index in [1.165, 1.54) is 0 Å². The Balaban J connectivity index is 2.30. The first-order valence-corrected chi connectivity index (χ1v) is 5.59. The standard InChI is InChI=1S/C7H12O3S/c1-10-7-4-2-3-6(7)11(8,9)5-7/h6H,2-5H2,1H3/t6-,7-/m1/s1. The lowest BCUT2D eigenvalue weighted by Crippen LogP contribution is -2.60. The summed E-state index contributed by atoms with van der Waals surface area (Å²) in [4.78, 5) is 0. The highest BCUT2D eigenvalue weighted by Crippen LogP contribution is 2.47. The van der Waals surface area contributed by atoms with E-state index in [2.05, 4.69) is 0 Å². The summed E-state index contributed by atoms with van der Waals surface area (Å²) >= 11 is 0. The topological polar surface area (TPSA) is 43.4 Å². The largest absolute Gasteiger partial charge is 0.376 e. The Hall–Kier alpha value is -0.0900. The van der Waals surface area contributed by atoms with Gasteiger partial charge in [-0.3, -0.25) is 0 Å². The summed E-state index contributed by atoms with van der Waals surface area (Å²) in [5, 5.41) is -0.181. The van der Waals surface area contributed by atoms with E-state index in [0.717, 1.165) is 19.3 Å². The van der Waals surface area contributed by atoms with E-state index < -0.39 is 9.84 Å². The molecule has 0 bridgehead atoms. The predicted octanol–water partition coefficient (Wildman–Crippen LogP) is 0.353. The summed E-state index contributed by atoms with van der Waals surface area (Å²) in [5.41, 5.74) is -0.279. The Morgan fingerprint density at radius 2 is 2.27 bits per heavy atom. The van der Waals surface area contributed by atoms with Crippen LogP contribution in [0, 0.1) is 0 Å². The Labute approximate surface area is 66.7 Å². The molecule has 3 nitrogen and oxygen atoms in total. The number of hydrogen-bond donors (Lipinski definition) is 0. The van der Waals surface area contributed by atoms with Gasteiger partial charge in [-0.2, -0.15) is 0 Å². The summed E-state index contributed by atoms with van der Waals surface area (Å²) in [7, 11) is -1.14. The van der Waals surface area contributed by atoms with Gasteiger partial charge in [-0.25, -0.2) is 8.42 Å². The van der Waals surface area contributed by atoms with Crippen LogP contribution in [0.2, 0.25) is 0 Å². The molecule has 0 aromatic heterocycles. The highest BCUT2D eigenvalue weighted by Gasteiger charge is 2.61. The molecule has 0 amide bonds. The number of hydrogen-bond acceptors (Lipinski definition) is 3. The summed E-state index contributed by atoms with van der Waals surface area (Å²) in [5.74, 6) is 0.251. The second-order valence-electron chi connectivity index (χ2n) is 3.46. The molecule has 1 aliphatic carbocycles. The molecule has 64 valence electrons. The van der Waals surface area contributed by atoms with E-state index in [0.29, 0.717) is 0 Å². The third-order valence-electron chi connectivity index (χ3n) is 2.94. The van der Waals surface area contributed by atoms with Gasteiger partial charge in [0.1, 0.15) is 0 Å². The Bertz CT molecular complexity index is 269. The number of sulfone groups is 1. The van der Waals surface area contributed by atoms with Crippen molar-refractivity contribution in [3.63, 3.8) is 0 Å². The fourth-order valence-electron chi connectivity index (χ4n) is 2.32. The zero-order valence-corrected chi connectivity index (χ0v) is 7.36. The maximum atomic E-state index is 11.2. The Morgan fingerprint density at radius 1 is 1.55 bits per heavy atom. The van der Waals surface area contributed by atoms with E-state index in [-0.39, 0.29) is 16.6 Å². The van der Waals surface area contributed by atoms with Crippen molar-refractivity contribution in [1.82, 2.24) is 0 Å². The Kier molecular flexibility index (Phi) is 1.36. The summed E-state index contributed by atoms with van der Waals surface area (Å²) in [6.07, 6.45) is 2.72. The van der Waals surface area contributed by atoms with Crippen LogP contribution in [-0.2, 0) is 14.6 Å². The first kappa shape index (κ1) is 7.55. The van der Waals surface area contributed by atoms with Crippen molar-refractivity contribution in [1.29, 1.82) is 0 Å². The van der Waals surface area contributed by atoms with Crippen molar-refractivity contribution in [2.24, 2.45) is 0 Å². The molecule has 1 saturated carbocycles. The summed E-state index contributed by atoms with van der Waals surface area (Å²) < 4.78 is 27.6. The van der Waals surface area contributed by atoms with E-state index in [1.54, 1.807) is 7.11 Å². The van der Waals surface area contributed by atoms with Crippen molar-refractivity contribution >= 4 is 9.84 Å². The van der Waals surface area contributed by atoms with Gasteiger partial charge in [0.25, 0.3) is 0 Å². The average Bonchev–Trinajstić information content (AvgIpc) is 2.28. The monoisotopic (exact) mass is 176 g/mol. The van der Waals surface area contributed by atoms with E-state index in [9.17, 15) is 8.42 Å². The van der Waals surface area contributed by atoms with Crippen LogP contribution in [0.5, 0.6) is 0 Å². The molecule has 2 rings (SSSR count). The lowest BCUT2D eigenvalue weighted by atomic mass is 10.0. The van der Waals surface area contributed by atoms with Gasteiger partial charge in [0.2, 0.25) is 0 Å². The minimum absolute atomic E-state index is 0.181. The van der Waals surface area contributed by atoms with Gasteiger partial charge in [-0.15, -0.1) is 0 Å². The number of ether oxygens (including phenoxy) is 1. The van der Waals surface area contributed by atoms with Crippen LogP contribution in [0.1, 0.15) is 19.3 Å². The zero-order valence-electron chi connectivity index (χ0n) is 6.54. The van der Waals surface area contributed by atoms with Crippen molar-refractivity contribution in [2.75, 3.05) is 12.9 Å². The molecule has 2 fully saturated rings. The molecule has 0 unspecified atom stereocenters. The molecule has 1 heterocycles. The molecule has 1 saturated heterocycles. The lowest BCUT2D eigenvalue weighted by molar-refractivity contribution is 0.00379. The molecule has 0 aromatic rings. The molecule has 0 aromatic carbocycles. The third kappa shape index (κ3) is 0.796. The highest BCUT2D eigenvalue weighted by molar-refractivity contribution is 7.93. The SMILES string of the molecule is CO[C@@]12CCC[C@H]1S(=O)(=O)C2. The summed E-state index contributed by atoms with van der Waals surface area (Å²) in [6, 6.07) is 0. The number of methoxy groups -OCH3 is 1. The number of rotatable bonds is 1. The van der Waals surface area contributed by atoms with Crippen LogP contribution >= 0.6 is 0 Å². The van der Waals surface area contributed by atoms with E-state index in [1.807, 2.05) is 0 Å². The molecule has 0 spiro atoms. The van der Waals surface area contributed by atoms with Crippen molar-refractivity contribution < 1.29 is 13.2 Å². The third-order valence-corrected chi connectivity index (χ3v) is 5.36. The van der Waals surface area contributed by atoms with Crippen molar-refractivity contribution in [3.8, 4) is 0 Å². The van der Waals surface area contributed by atoms with Gasteiger partial charge in [-0.1, -0.05) is 0 Å². The van der Waals surface area contributed by atoms with Gasteiger partial charge < -0.3 is 4.74 Å². The molecule has 1 aliphatic heterocycles. The second-order valence-corrected chi connectivity index (χ2v) is 5.64. The first-order valence-electron chi connectivity index (χ1n) is 3.87. The van der Waals surface area contributed by atoms with Crippen molar-refractivity contribution in [3.05, 3.63) is 0 Å². The molecular weight excluding hydrogens is 164 g/mol. The summed E-state index contributed by atoms with van der Waals surface area (Å²) in [6.45, 7) is 0. The van der Waals surface area contributed by atoms with Gasteiger partial charge in [0.05, 0.1) is 16.6 Å². The molecule has 0 N–H and O–H groups in total. The second kappa shape index (κ2) is 1.98. The van der Waals surface area contributed by atoms with Gasteiger partial charge in [-0.05, 0) is 19.3 Å². The molecular formula is C7H12O3S. The minimum Gasteiger partial charge on any atom is -0.376 e. The predicted molar refractivity (Wildman–Crippen MR) is 41.2 cm³/mol. The smallest absolute Gasteiger partial charge is 0.158 e. The van der Waals surface area contributed by atoms with E-state index in [4.69, 9.17) is 4.74 Å². The molecule has 0 radical (unpaired) electrons. The van der Waals surface area contributed by atoms with Crippen LogP contribution < -0.4 is 0 Å². The van der Waals surface area contributed by atoms with Gasteiger partial charge in [0, 0.05) is 7.11 Å². The van der Waals surface area contributed by atoms with Crippen LogP contribution in [0.15, 0.2) is 0 Å². The van der Waals surface area contributed by atoms with Crippen LogP contribution in [0.25, 0.3) is 0 Å². The van der Waals surface area contributed by atoms with Crippen LogP contribution in [-0.4, -0.2) is 32.1 Å². The maximum absolute atomic E-state index is 11.2. The first-order chi connectivity index (χ1) is 5.11. The zero-order chi connectivity index (χ0) is 8.11. The Morgan fingerprint density at radius 3 is 2.73 bits per heavy atom. The average molecular weight is 176 g/mol. The van der Waals surface area contributed by atoms with Gasteiger partial charge >= 0.3 is 0 Å². The van der Waals surface area contributed by atoms with Gasteiger partial charge in [0.15, 0.2) is 9.84 Å². The minimum atomic E-state index is -2.75. The quantitative estimate of drug-likeness (QED) is 0.579. The van der Waals surface area contributed by atoms with Crippen LogP contribution in [0.4, 0.5) is 0 Å². The van der Waals surface area contributed by atoms with E-state index >= 15 is 0 Å². The fraction of sp³-hybridized carbons (Fsp3) is 1.00. The fourth-order valence-corrected chi connectivity index (χ4v) is 4.84. The molecule has 2 aliphatic rings. The lowest BCUT2D eigenvalue weighted by Gasteiger charge is -2.42. The highest BCUT2D eigenvalue weighted by atomic mass is 32.2. The maximum Gasteiger partial charge on any atom is 0.158 e. The molecule has 2 atom stereocenters. The normalized spacial score (nSPS) is 46.5. The van der Waals surface area contributed by atoms with Crippen LogP contribution in [0.3, 0.4) is 0 Å². The molecule has 4 heteroatoms. The van der Waals surface area contributed by atoms with Crippen molar-refractivity contribution in [2.45, 2.75) is 30.1 Å². The number of fused-ring (bicyclic) bond motifs is 1.